The van der Waals surface area contributed by atoms with Crippen LogP contribution in [0.15, 0.2) is 30.5 Å². The number of thiophene rings is 1. The van der Waals surface area contributed by atoms with Gasteiger partial charge in [-0.25, -0.2) is 4.98 Å². The first kappa shape index (κ1) is 16.4. The molecule has 4 heterocycles. The predicted octanol–water partition coefficient (Wildman–Crippen LogP) is 3.35. The molecule has 2 saturated heterocycles. The zero-order valence-electron chi connectivity index (χ0n) is 14.5. The molecular weight excluding hydrogens is 334 g/mol. The van der Waals surface area contributed by atoms with Gasteiger partial charge >= 0.3 is 0 Å². The van der Waals surface area contributed by atoms with Crippen molar-refractivity contribution in [3.8, 4) is 5.75 Å². The summed E-state index contributed by atoms with van der Waals surface area (Å²) in [7, 11) is 0. The van der Waals surface area contributed by atoms with Crippen LogP contribution >= 0.6 is 11.3 Å². The molecule has 1 atom stereocenters. The van der Waals surface area contributed by atoms with Crippen molar-refractivity contribution < 1.29 is 9.53 Å². The summed E-state index contributed by atoms with van der Waals surface area (Å²) in [4.78, 5) is 23.3. The summed E-state index contributed by atoms with van der Waals surface area (Å²) in [6, 6.07) is 7.83. The molecule has 4 rings (SSSR count). The largest absolute Gasteiger partial charge is 0.485 e. The number of likely N-dealkylation sites (tertiary alicyclic amines) is 1. The smallest absolute Gasteiger partial charge is 0.264 e. The van der Waals surface area contributed by atoms with Gasteiger partial charge in [0.15, 0.2) is 11.6 Å². The third kappa shape index (κ3) is 3.49. The van der Waals surface area contributed by atoms with Crippen molar-refractivity contribution in [2.45, 2.75) is 32.3 Å². The summed E-state index contributed by atoms with van der Waals surface area (Å²) in [6.07, 6.45) is 5.15. The normalized spacial score (nSPS) is 20.3. The van der Waals surface area contributed by atoms with Gasteiger partial charge in [0.25, 0.3) is 5.91 Å². The summed E-state index contributed by atoms with van der Waals surface area (Å²) in [5.41, 5.74) is 0. The number of aryl methyl sites for hydroxylation is 1. The maximum Gasteiger partial charge on any atom is 0.264 e. The molecule has 2 aromatic rings. The van der Waals surface area contributed by atoms with Crippen LogP contribution in [0.25, 0.3) is 0 Å². The van der Waals surface area contributed by atoms with Crippen molar-refractivity contribution in [3.05, 3.63) is 40.2 Å². The van der Waals surface area contributed by atoms with Crippen molar-refractivity contribution in [3.63, 3.8) is 0 Å². The highest BCUT2D eigenvalue weighted by Gasteiger charge is 2.30. The molecule has 2 fully saturated rings. The molecule has 132 valence electrons. The SMILES string of the molecule is Cc1ccc(C(=O)N2CC[C@H](Oc3cccnc3N3CCCC3)C2)s1. The molecule has 0 aliphatic carbocycles. The first-order valence-corrected chi connectivity index (χ1v) is 9.75. The third-order valence-corrected chi connectivity index (χ3v) is 5.82. The highest BCUT2D eigenvalue weighted by molar-refractivity contribution is 7.13. The zero-order valence-corrected chi connectivity index (χ0v) is 15.3. The Morgan fingerprint density at radius 1 is 1.24 bits per heavy atom. The van der Waals surface area contributed by atoms with E-state index in [1.54, 1.807) is 11.3 Å². The Morgan fingerprint density at radius 2 is 2.08 bits per heavy atom. The number of aromatic nitrogens is 1. The standard InChI is InChI=1S/C19H23N3O2S/c1-14-6-7-17(25-14)19(23)22-12-8-15(13-22)24-16-5-4-9-20-18(16)21-10-2-3-11-21/h4-7,9,15H,2-3,8,10-13H2,1H3/t15-/m0/s1. The molecule has 1 amide bonds. The first-order chi connectivity index (χ1) is 12.2. The molecule has 2 aromatic heterocycles. The van der Waals surface area contributed by atoms with Crippen LogP contribution in [-0.2, 0) is 0 Å². The Labute approximate surface area is 152 Å². The number of hydrogen-bond donors (Lipinski definition) is 0. The lowest BCUT2D eigenvalue weighted by Crippen LogP contribution is -2.30. The van der Waals surface area contributed by atoms with Crippen molar-refractivity contribution in [2.75, 3.05) is 31.1 Å². The fourth-order valence-corrected chi connectivity index (χ4v) is 4.37. The van der Waals surface area contributed by atoms with Gasteiger partial charge in [-0.15, -0.1) is 11.3 Å². The lowest BCUT2D eigenvalue weighted by atomic mass is 10.3. The van der Waals surface area contributed by atoms with Crippen LogP contribution in [0.4, 0.5) is 5.82 Å². The van der Waals surface area contributed by atoms with Crippen molar-refractivity contribution >= 4 is 23.1 Å². The molecule has 0 bridgehead atoms. The molecule has 25 heavy (non-hydrogen) atoms. The number of anilines is 1. The number of nitrogens with zero attached hydrogens (tertiary/aromatic N) is 3. The molecule has 2 aliphatic rings. The van der Waals surface area contributed by atoms with Crippen LogP contribution in [-0.4, -0.2) is 48.1 Å². The van der Waals surface area contributed by atoms with E-state index in [1.807, 2.05) is 42.3 Å². The quantitative estimate of drug-likeness (QED) is 0.842. The molecule has 0 N–H and O–H groups in total. The Hall–Kier alpha value is -2.08. The average Bonchev–Trinajstić information content (AvgIpc) is 3.36. The van der Waals surface area contributed by atoms with Crippen LogP contribution in [0.3, 0.4) is 0 Å². The Kier molecular flexibility index (Phi) is 4.61. The van der Waals surface area contributed by atoms with Gasteiger partial charge in [-0.1, -0.05) is 0 Å². The number of amides is 1. The van der Waals surface area contributed by atoms with E-state index in [1.165, 1.54) is 17.7 Å². The van der Waals surface area contributed by atoms with E-state index in [9.17, 15) is 4.79 Å². The molecule has 0 unspecified atom stereocenters. The molecule has 2 aliphatic heterocycles. The van der Waals surface area contributed by atoms with Crippen LogP contribution in [0.2, 0.25) is 0 Å². The van der Waals surface area contributed by atoms with Crippen LogP contribution in [0.5, 0.6) is 5.75 Å². The summed E-state index contributed by atoms with van der Waals surface area (Å²) in [5, 5.41) is 0. The van der Waals surface area contributed by atoms with E-state index in [0.29, 0.717) is 6.54 Å². The number of rotatable bonds is 4. The molecule has 0 saturated carbocycles. The van der Waals surface area contributed by atoms with Crippen molar-refractivity contribution in [2.24, 2.45) is 0 Å². The molecular formula is C19H23N3O2S. The van der Waals surface area contributed by atoms with Gasteiger partial charge in [0.05, 0.1) is 11.4 Å². The van der Waals surface area contributed by atoms with Gasteiger partial charge in [-0.3, -0.25) is 4.79 Å². The van der Waals surface area contributed by atoms with Gasteiger partial charge in [-0.05, 0) is 44.0 Å². The van der Waals surface area contributed by atoms with E-state index < -0.39 is 0 Å². The second-order valence-electron chi connectivity index (χ2n) is 6.71. The Bertz CT molecular complexity index is 755. The van der Waals surface area contributed by atoms with Crippen LogP contribution in [0, 0.1) is 6.92 Å². The van der Waals surface area contributed by atoms with Gasteiger partial charge in [0, 0.05) is 37.1 Å². The number of carbonyl (C=O) groups is 1. The summed E-state index contributed by atoms with van der Waals surface area (Å²) in [5.74, 6) is 1.91. The van der Waals surface area contributed by atoms with Crippen LogP contribution in [0.1, 0.15) is 33.8 Å². The van der Waals surface area contributed by atoms with Gasteiger partial charge in [0.2, 0.25) is 0 Å². The fourth-order valence-electron chi connectivity index (χ4n) is 3.53. The maximum absolute atomic E-state index is 12.6. The fraction of sp³-hybridized carbons (Fsp3) is 0.474. The van der Waals surface area contributed by atoms with Gasteiger partial charge in [0.1, 0.15) is 6.10 Å². The van der Waals surface area contributed by atoms with Gasteiger partial charge < -0.3 is 14.5 Å². The van der Waals surface area contributed by atoms with Crippen molar-refractivity contribution in [1.82, 2.24) is 9.88 Å². The minimum atomic E-state index is 0.0376. The summed E-state index contributed by atoms with van der Waals surface area (Å²) < 4.78 is 6.25. The number of carbonyl (C=O) groups excluding carboxylic acids is 1. The second-order valence-corrected chi connectivity index (χ2v) is 8.00. The first-order valence-electron chi connectivity index (χ1n) is 8.93. The predicted molar refractivity (Wildman–Crippen MR) is 99.7 cm³/mol. The summed E-state index contributed by atoms with van der Waals surface area (Å²) in [6.45, 7) is 5.50. The number of pyridine rings is 1. The lowest BCUT2D eigenvalue weighted by molar-refractivity contribution is 0.0777. The second kappa shape index (κ2) is 7.04. The number of hydrogen-bond acceptors (Lipinski definition) is 5. The van der Waals surface area contributed by atoms with E-state index in [-0.39, 0.29) is 12.0 Å². The highest BCUT2D eigenvalue weighted by atomic mass is 32.1. The maximum atomic E-state index is 12.6. The molecule has 0 radical (unpaired) electrons. The highest BCUT2D eigenvalue weighted by Crippen LogP contribution is 2.30. The van der Waals surface area contributed by atoms with Crippen LogP contribution < -0.4 is 9.64 Å². The minimum Gasteiger partial charge on any atom is -0.485 e. The van der Waals surface area contributed by atoms with E-state index in [4.69, 9.17) is 4.74 Å². The molecule has 0 aromatic carbocycles. The third-order valence-electron chi connectivity index (χ3n) is 4.83. The zero-order chi connectivity index (χ0) is 17.2. The Balaban J connectivity index is 1.42. The lowest BCUT2D eigenvalue weighted by Gasteiger charge is -2.22. The van der Waals surface area contributed by atoms with E-state index >= 15 is 0 Å². The topological polar surface area (TPSA) is 45.7 Å². The minimum absolute atomic E-state index is 0.0376. The van der Waals surface area contributed by atoms with Gasteiger partial charge in [-0.2, -0.15) is 0 Å². The molecule has 0 spiro atoms. The van der Waals surface area contributed by atoms with Crippen molar-refractivity contribution in [1.29, 1.82) is 0 Å². The summed E-state index contributed by atoms with van der Waals surface area (Å²) >= 11 is 1.56. The molecule has 5 nitrogen and oxygen atoms in total. The monoisotopic (exact) mass is 357 g/mol. The van der Waals surface area contributed by atoms with E-state index in [0.717, 1.165) is 42.5 Å². The molecule has 6 heteroatoms. The average molecular weight is 357 g/mol. The van der Waals surface area contributed by atoms with E-state index in [2.05, 4.69) is 9.88 Å². The Morgan fingerprint density at radius 3 is 2.84 bits per heavy atom. The number of ether oxygens (including phenoxy) is 1.